The molecule has 0 aromatic heterocycles. The van der Waals surface area contributed by atoms with Crippen LogP contribution in [0, 0.1) is 0 Å². The molecule has 0 saturated carbocycles. The van der Waals surface area contributed by atoms with Crippen LogP contribution in [-0.2, 0) is 30.3 Å². The van der Waals surface area contributed by atoms with Crippen LogP contribution in [0.2, 0.25) is 0 Å². The Labute approximate surface area is 187 Å². The molecule has 168 valence electrons. The first-order valence-corrected chi connectivity index (χ1v) is 10.7. The zero-order valence-electron chi connectivity index (χ0n) is 17.9. The summed E-state index contributed by atoms with van der Waals surface area (Å²) in [6.07, 6.45) is 1.20. The third-order valence-corrected chi connectivity index (χ3v) is 5.32. The predicted octanol–water partition coefficient (Wildman–Crippen LogP) is 2.38. The summed E-state index contributed by atoms with van der Waals surface area (Å²) in [5, 5.41) is 2.73. The first-order valence-electron chi connectivity index (χ1n) is 10.7. The number of hydrogen-bond acceptors (Lipinski definition) is 7. The maximum atomic E-state index is 12.1. The summed E-state index contributed by atoms with van der Waals surface area (Å²) in [6.45, 7) is 5.16. The lowest BCUT2D eigenvalue weighted by Gasteiger charge is -2.36. The third kappa shape index (κ3) is 6.01. The molecule has 1 amide bonds. The van der Waals surface area contributed by atoms with Gasteiger partial charge in [-0.3, -0.25) is 9.69 Å². The zero-order valence-corrected chi connectivity index (χ0v) is 17.9. The zero-order chi connectivity index (χ0) is 22.2. The van der Waals surface area contributed by atoms with Crippen molar-refractivity contribution in [3.05, 3.63) is 72.2 Å². The summed E-state index contributed by atoms with van der Waals surface area (Å²) >= 11 is 0. The minimum atomic E-state index is -0.721. The van der Waals surface area contributed by atoms with Gasteiger partial charge in [-0.15, -0.1) is 0 Å². The molecule has 1 N–H and O–H groups in total. The van der Waals surface area contributed by atoms with Crippen LogP contribution in [-0.4, -0.2) is 62.8 Å². The van der Waals surface area contributed by atoms with Gasteiger partial charge in [0.05, 0.1) is 0 Å². The van der Waals surface area contributed by atoms with Crippen LogP contribution in [0.15, 0.2) is 66.6 Å². The molecule has 2 aliphatic rings. The standard InChI is InChI=1S/C24H27N3O5/c28-23(18-32-24(29)22-17-30-14-15-31-22)25-20-6-8-21(9-7-20)27-12-10-26(11-13-27)16-19-4-2-1-3-5-19/h1-9,17H,10-16,18H2,(H,25,28). The van der Waals surface area contributed by atoms with Gasteiger partial charge in [0.2, 0.25) is 5.76 Å². The van der Waals surface area contributed by atoms with Crippen molar-refractivity contribution in [2.75, 3.05) is 56.2 Å². The lowest BCUT2D eigenvalue weighted by atomic mass is 10.2. The summed E-state index contributed by atoms with van der Waals surface area (Å²) < 4.78 is 15.1. The topological polar surface area (TPSA) is 80.3 Å². The van der Waals surface area contributed by atoms with Gasteiger partial charge in [-0.1, -0.05) is 30.3 Å². The predicted molar refractivity (Wildman–Crippen MR) is 120 cm³/mol. The monoisotopic (exact) mass is 437 g/mol. The molecule has 0 atom stereocenters. The van der Waals surface area contributed by atoms with Gasteiger partial charge in [0.15, 0.2) is 6.61 Å². The van der Waals surface area contributed by atoms with Crippen molar-refractivity contribution < 1.29 is 23.8 Å². The number of benzene rings is 2. The van der Waals surface area contributed by atoms with Crippen molar-refractivity contribution in [1.82, 2.24) is 4.90 Å². The second-order valence-corrected chi connectivity index (χ2v) is 7.62. The number of nitrogens with one attached hydrogen (secondary N) is 1. The lowest BCUT2D eigenvalue weighted by Crippen LogP contribution is -2.45. The highest BCUT2D eigenvalue weighted by atomic mass is 16.6. The molecule has 0 unspecified atom stereocenters. The molecule has 0 spiro atoms. The molecule has 1 fully saturated rings. The number of ether oxygens (including phenoxy) is 3. The van der Waals surface area contributed by atoms with E-state index in [9.17, 15) is 9.59 Å². The van der Waals surface area contributed by atoms with E-state index >= 15 is 0 Å². The molecule has 2 aromatic carbocycles. The van der Waals surface area contributed by atoms with Crippen LogP contribution in [0.25, 0.3) is 0 Å². The molecule has 2 heterocycles. The molecule has 8 heteroatoms. The van der Waals surface area contributed by atoms with Gasteiger partial charge in [-0.2, -0.15) is 0 Å². The Bertz CT molecular complexity index is 938. The second-order valence-electron chi connectivity index (χ2n) is 7.62. The molecule has 0 bridgehead atoms. The number of esters is 1. The number of amides is 1. The van der Waals surface area contributed by atoms with Crippen LogP contribution < -0.4 is 10.2 Å². The lowest BCUT2D eigenvalue weighted by molar-refractivity contribution is -0.148. The fourth-order valence-corrected chi connectivity index (χ4v) is 3.64. The molecule has 4 rings (SSSR count). The molecule has 0 aliphatic carbocycles. The minimum absolute atomic E-state index is 0.0303. The van der Waals surface area contributed by atoms with Crippen LogP contribution in [0.4, 0.5) is 11.4 Å². The Kier molecular flexibility index (Phi) is 7.24. The van der Waals surface area contributed by atoms with E-state index in [0.717, 1.165) is 38.4 Å². The Morgan fingerprint density at radius 3 is 2.38 bits per heavy atom. The first-order chi connectivity index (χ1) is 15.7. The normalized spacial score (nSPS) is 16.4. The maximum Gasteiger partial charge on any atom is 0.377 e. The third-order valence-electron chi connectivity index (χ3n) is 5.32. The van der Waals surface area contributed by atoms with E-state index in [1.165, 1.54) is 11.8 Å². The SMILES string of the molecule is O=C(COC(=O)C1=COCCO1)Nc1ccc(N2CCN(Cc3ccccc3)CC2)cc1. The maximum absolute atomic E-state index is 12.1. The van der Waals surface area contributed by atoms with Gasteiger partial charge in [-0.25, -0.2) is 4.79 Å². The molecule has 32 heavy (non-hydrogen) atoms. The van der Waals surface area contributed by atoms with Crippen molar-refractivity contribution in [2.45, 2.75) is 6.54 Å². The number of hydrogen-bond donors (Lipinski definition) is 1. The van der Waals surface area contributed by atoms with Crippen molar-refractivity contribution in [2.24, 2.45) is 0 Å². The fourth-order valence-electron chi connectivity index (χ4n) is 3.64. The molecule has 1 saturated heterocycles. The van der Waals surface area contributed by atoms with E-state index < -0.39 is 18.5 Å². The van der Waals surface area contributed by atoms with Crippen molar-refractivity contribution in [3.63, 3.8) is 0 Å². The average Bonchev–Trinajstić information content (AvgIpc) is 2.85. The molecule has 2 aromatic rings. The van der Waals surface area contributed by atoms with Gasteiger partial charge < -0.3 is 24.4 Å². The van der Waals surface area contributed by atoms with Crippen LogP contribution in [0.5, 0.6) is 0 Å². The van der Waals surface area contributed by atoms with E-state index in [1.54, 1.807) is 0 Å². The summed E-state index contributed by atoms with van der Waals surface area (Å²) in [4.78, 5) is 28.7. The van der Waals surface area contributed by atoms with Crippen molar-refractivity contribution in [3.8, 4) is 0 Å². The van der Waals surface area contributed by atoms with Crippen LogP contribution in [0.3, 0.4) is 0 Å². The summed E-state index contributed by atoms with van der Waals surface area (Å²) in [5.41, 5.74) is 3.10. The molecular formula is C24H27N3O5. The number of nitrogens with zero attached hydrogens (tertiary/aromatic N) is 2. The second kappa shape index (κ2) is 10.7. The molecule has 8 nitrogen and oxygen atoms in total. The van der Waals surface area contributed by atoms with Crippen molar-refractivity contribution >= 4 is 23.3 Å². The van der Waals surface area contributed by atoms with Gasteiger partial charge in [-0.05, 0) is 29.8 Å². The highest BCUT2D eigenvalue weighted by molar-refractivity contribution is 5.94. The van der Waals surface area contributed by atoms with Crippen LogP contribution >= 0.6 is 0 Å². The summed E-state index contributed by atoms with van der Waals surface area (Å²) in [6, 6.07) is 18.2. The quantitative estimate of drug-likeness (QED) is 0.666. The number of anilines is 2. The number of rotatable bonds is 7. The number of carbonyl (C=O) groups is 2. The Morgan fingerprint density at radius 1 is 0.938 bits per heavy atom. The smallest absolute Gasteiger partial charge is 0.377 e. The van der Waals surface area contributed by atoms with E-state index in [1.807, 2.05) is 30.3 Å². The summed E-state index contributed by atoms with van der Waals surface area (Å²) in [5.74, 6) is -1.17. The van der Waals surface area contributed by atoms with E-state index in [-0.39, 0.29) is 12.4 Å². The van der Waals surface area contributed by atoms with E-state index in [2.05, 4.69) is 39.4 Å². The Hall–Kier alpha value is -3.52. The van der Waals surface area contributed by atoms with Gasteiger partial charge in [0, 0.05) is 44.1 Å². The minimum Gasteiger partial charge on any atom is -0.493 e. The first kappa shape index (κ1) is 21.7. The van der Waals surface area contributed by atoms with E-state index in [0.29, 0.717) is 12.3 Å². The Morgan fingerprint density at radius 2 is 1.69 bits per heavy atom. The van der Waals surface area contributed by atoms with Gasteiger partial charge in [0.1, 0.15) is 19.5 Å². The molecule has 2 aliphatic heterocycles. The highest BCUT2D eigenvalue weighted by Crippen LogP contribution is 2.20. The van der Waals surface area contributed by atoms with Crippen LogP contribution in [0.1, 0.15) is 5.56 Å². The highest BCUT2D eigenvalue weighted by Gasteiger charge is 2.19. The van der Waals surface area contributed by atoms with E-state index in [4.69, 9.17) is 14.2 Å². The average molecular weight is 437 g/mol. The number of piperazine rings is 1. The number of carbonyl (C=O) groups excluding carboxylic acids is 2. The molecule has 0 radical (unpaired) electrons. The fraction of sp³-hybridized carbons (Fsp3) is 0.333. The van der Waals surface area contributed by atoms with Gasteiger partial charge >= 0.3 is 5.97 Å². The largest absolute Gasteiger partial charge is 0.493 e. The van der Waals surface area contributed by atoms with Gasteiger partial charge in [0.25, 0.3) is 5.91 Å². The summed E-state index contributed by atoms with van der Waals surface area (Å²) in [7, 11) is 0. The Balaban J connectivity index is 1.20. The van der Waals surface area contributed by atoms with Crippen molar-refractivity contribution in [1.29, 1.82) is 0 Å². The molecular weight excluding hydrogens is 410 g/mol.